The van der Waals surface area contributed by atoms with Crippen LogP contribution in [0, 0.1) is 0 Å². The average molecular weight is 411 g/mol. The lowest BCUT2D eigenvalue weighted by Crippen LogP contribution is -2.31. The number of nitrogens with one attached hydrogen (secondary N) is 1. The second-order valence-electron chi connectivity index (χ2n) is 6.34. The van der Waals surface area contributed by atoms with E-state index >= 15 is 0 Å². The van der Waals surface area contributed by atoms with E-state index in [-0.39, 0.29) is 18.0 Å². The molecule has 3 N–H and O–H groups in total. The third kappa shape index (κ3) is 4.35. The molecule has 9 heteroatoms. The summed E-state index contributed by atoms with van der Waals surface area (Å²) >= 11 is 0. The van der Waals surface area contributed by atoms with Crippen LogP contribution in [-0.2, 0) is 4.79 Å². The number of rotatable bonds is 8. The predicted molar refractivity (Wildman–Crippen MR) is 107 cm³/mol. The predicted octanol–water partition coefficient (Wildman–Crippen LogP) is 2.54. The van der Waals surface area contributed by atoms with Gasteiger partial charge in [0.1, 0.15) is 0 Å². The number of aromatic hydroxyl groups is 1. The number of carbonyl (C=O) groups excluding carboxylic acids is 1. The molecule has 0 aliphatic rings. The average Bonchev–Trinajstić information content (AvgIpc) is 3.14. The van der Waals surface area contributed by atoms with Crippen molar-refractivity contribution in [2.24, 2.45) is 0 Å². The highest BCUT2D eigenvalue weighted by Gasteiger charge is 2.25. The molecule has 0 unspecified atom stereocenters. The molecule has 0 fully saturated rings. The number of carboxylic acids is 1. The number of amides is 1. The van der Waals surface area contributed by atoms with Gasteiger partial charge in [0.15, 0.2) is 17.2 Å². The fraction of sp³-hybridized carbons (Fsp3) is 0.190. The molecule has 1 aromatic heterocycles. The van der Waals surface area contributed by atoms with Gasteiger partial charge in [0.05, 0.1) is 32.4 Å². The Bertz CT molecular complexity index is 1050. The van der Waals surface area contributed by atoms with Gasteiger partial charge in [-0.2, -0.15) is 5.10 Å². The lowest BCUT2D eigenvalue weighted by Gasteiger charge is -2.20. The number of hydrogen-bond acceptors (Lipinski definition) is 6. The molecule has 1 amide bonds. The van der Waals surface area contributed by atoms with Crippen LogP contribution in [0.5, 0.6) is 17.4 Å². The number of methoxy groups -OCH3 is 2. The van der Waals surface area contributed by atoms with Gasteiger partial charge in [-0.3, -0.25) is 9.59 Å². The van der Waals surface area contributed by atoms with Crippen LogP contribution in [0.1, 0.15) is 28.5 Å². The summed E-state index contributed by atoms with van der Waals surface area (Å²) < 4.78 is 11.8. The fourth-order valence-corrected chi connectivity index (χ4v) is 3.07. The summed E-state index contributed by atoms with van der Waals surface area (Å²) in [6.07, 6.45) is -0.388. The molecule has 0 saturated carbocycles. The number of benzene rings is 2. The Morgan fingerprint density at radius 3 is 2.47 bits per heavy atom. The largest absolute Gasteiger partial charge is 0.493 e. The van der Waals surface area contributed by atoms with Gasteiger partial charge in [-0.25, -0.2) is 4.68 Å². The minimum atomic E-state index is -1.11. The Kier molecular flexibility index (Phi) is 6.21. The second kappa shape index (κ2) is 8.99. The molecule has 0 saturated heterocycles. The molecule has 156 valence electrons. The third-order valence-electron chi connectivity index (χ3n) is 4.42. The highest BCUT2D eigenvalue weighted by atomic mass is 16.5. The molecule has 1 heterocycles. The maximum atomic E-state index is 12.8. The zero-order valence-corrected chi connectivity index (χ0v) is 16.4. The van der Waals surface area contributed by atoms with Crippen LogP contribution < -0.4 is 14.8 Å². The van der Waals surface area contributed by atoms with Gasteiger partial charge in [-0.05, 0) is 18.2 Å². The maximum Gasteiger partial charge on any atom is 0.305 e. The molecule has 9 nitrogen and oxygen atoms in total. The molecular weight excluding hydrogens is 390 g/mol. The number of para-hydroxylation sites is 2. The van der Waals surface area contributed by atoms with Crippen molar-refractivity contribution in [2.75, 3.05) is 14.2 Å². The normalized spacial score (nSPS) is 11.5. The van der Waals surface area contributed by atoms with E-state index in [1.165, 1.54) is 25.0 Å². The van der Waals surface area contributed by atoms with E-state index in [0.29, 0.717) is 22.7 Å². The molecule has 1 atom stereocenters. The minimum Gasteiger partial charge on any atom is -0.493 e. The van der Waals surface area contributed by atoms with Crippen molar-refractivity contribution in [2.45, 2.75) is 12.5 Å². The molecule has 3 aromatic rings. The number of carbonyl (C=O) groups is 2. The minimum absolute atomic E-state index is 0.0615. The van der Waals surface area contributed by atoms with E-state index in [2.05, 4.69) is 10.4 Å². The van der Waals surface area contributed by atoms with Crippen LogP contribution >= 0.6 is 0 Å². The van der Waals surface area contributed by atoms with Gasteiger partial charge in [0.2, 0.25) is 5.88 Å². The SMILES string of the molecule is COc1cccc([C@H](CC(=O)O)NC(=O)c2cc(O)n(-c3ccccc3)n2)c1OC. The van der Waals surface area contributed by atoms with Gasteiger partial charge in [0, 0.05) is 11.6 Å². The van der Waals surface area contributed by atoms with E-state index in [1.807, 2.05) is 6.07 Å². The van der Waals surface area contributed by atoms with Crippen LogP contribution in [-0.4, -0.2) is 46.1 Å². The molecular formula is C21H21N3O6. The molecule has 0 aliphatic carbocycles. The molecule has 0 spiro atoms. The van der Waals surface area contributed by atoms with Gasteiger partial charge in [-0.1, -0.05) is 30.3 Å². The van der Waals surface area contributed by atoms with Crippen LogP contribution in [0.2, 0.25) is 0 Å². The first kappa shape index (κ1) is 20.7. The van der Waals surface area contributed by atoms with Crippen LogP contribution in [0.25, 0.3) is 5.69 Å². The number of carboxylic acid groups (broad SMARTS) is 1. The first-order chi connectivity index (χ1) is 14.4. The van der Waals surface area contributed by atoms with Crippen molar-refractivity contribution in [3.8, 4) is 23.1 Å². The van der Waals surface area contributed by atoms with E-state index in [9.17, 15) is 19.8 Å². The van der Waals surface area contributed by atoms with Gasteiger partial charge < -0.3 is 25.0 Å². The van der Waals surface area contributed by atoms with E-state index in [4.69, 9.17) is 9.47 Å². The van der Waals surface area contributed by atoms with Crippen molar-refractivity contribution >= 4 is 11.9 Å². The summed E-state index contributed by atoms with van der Waals surface area (Å²) in [6, 6.07) is 14.1. The highest BCUT2D eigenvalue weighted by molar-refractivity contribution is 5.93. The standard InChI is InChI=1S/C21H21N3O6/c1-29-17-10-6-9-14(20(17)30-2)15(12-19(26)27)22-21(28)16-11-18(25)24(23-16)13-7-4-3-5-8-13/h3-11,15,25H,12H2,1-2H3,(H,22,28)(H,26,27)/t15-/m0/s1. The van der Waals surface area contributed by atoms with Gasteiger partial charge in [0.25, 0.3) is 5.91 Å². The summed E-state index contributed by atoms with van der Waals surface area (Å²) in [5, 5.41) is 26.3. The Morgan fingerprint density at radius 2 is 1.83 bits per heavy atom. The number of ether oxygens (including phenoxy) is 2. The van der Waals surface area contributed by atoms with Gasteiger partial charge >= 0.3 is 5.97 Å². The van der Waals surface area contributed by atoms with E-state index in [1.54, 1.807) is 42.5 Å². The fourth-order valence-electron chi connectivity index (χ4n) is 3.07. The first-order valence-electron chi connectivity index (χ1n) is 9.02. The van der Waals surface area contributed by atoms with Crippen molar-refractivity contribution in [3.63, 3.8) is 0 Å². The topological polar surface area (TPSA) is 123 Å². The summed E-state index contributed by atoms with van der Waals surface area (Å²) in [6.45, 7) is 0. The van der Waals surface area contributed by atoms with E-state index < -0.39 is 17.9 Å². The molecule has 0 bridgehead atoms. The van der Waals surface area contributed by atoms with Crippen molar-refractivity contribution in [1.29, 1.82) is 0 Å². The van der Waals surface area contributed by atoms with Crippen molar-refractivity contribution < 1.29 is 29.3 Å². The highest BCUT2D eigenvalue weighted by Crippen LogP contribution is 2.36. The number of aliphatic carboxylic acids is 1. The van der Waals surface area contributed by atoms with Crippen LogP contribution in [0.3, 0.4) is 0 Å². The smallest absolute Gasteiger partial charge is 0.305 e. The summed E-state index contributed by atoms with van der Waals surface area (Å²) in [4.78, 5) is 24.2. The number of aromatic nitrogens is 2. The van der Waals surface area contributed by atoms with Crippen molar-refractivity contribution in [1.82, 2.24) is 15.1 Å². The molecule has 2 aromatic carbocycles. The molecule has 0 aliphatic heterocycles. The first-order valence-corrected chi connectivity index (χ1v) is 9.02. The lowest BCUT2D eigenvalue weighted by atomic mass is 10.0. The molecule has 3 rings (SSSR count). The summed E-state index contributed by atoms with van der Waals surface area (Å²) in [7, 11) is 2.89. The quantitative estimate of drug-likeness (QED) is 0.520. The van der Waals surface area contributed by atoms with Crippen LogP contribution in [0.15, 0.2) is 54.6 Å². The summed E-state index contributed by atoms with van der Waals surface area (Å²) in [5.74, 6) is -1.24. The van der Waals surface area contributed by atoms with Crippen LogP contribution in [0.4, 0.5) is 0 Å². The van der Waals surface area contributed by atoms with E-state index in [0.717, 1.165) is 0 Å². The van der Waals surface area contributed by atoms with Crippen molar-refractivity contribution in [3.05, 3.63) is 65.9 Å². The second-order valence-corrected chi connectivity index (χ2v) is 6.34. The Labute approximate surface area is 172 Å². The van der Waals surface area contributed by atoms with Gasteiger partial charge in [-0.15, -0.1) is 0 Å². The third-order valence-corrected chi connectivity index (χ3v) is 4.42. The zero-order valence-electron chi connectivity index (χ0n) is 16.4. The molecule has 0 radical (unpaired) electrons. The molecule has 30 heavy (non-hydrogen) atoms. The summed E-state index contributed by atoms with van der Waals surface area (Å²) in [5.41, 5.74) is 0.957. The number of hydrogen-bond donors (Lipinski definition) is 3. The lowest BCUT2D eigenvalue weighted by molar-refractivity contribution is -0.137. The Hall–Kier alpha value is -4.01. The Balaban J connectivity index is 1.92. The monoisotopic (exact) mass is 411 g/mol. The Morgan fingerprint density at radius 1 is 1.10 bits per heavy atom. The zero-order chi connectivity index (χ0) is 21.7. The number of nitrogens with zero attached hydrogens (tertiary/aromatic N) is 2. The maximum absolute atomic E-state index is 12.8.